The van der Waals surface area contributed by atoms with Crippen LogP contribution in [0, 0.1) is 0 Å². The average Bonchev–Trinajstić information content (AvgIpc) is 3.11. The van der Waals surface area contributed by atoms with Gasteiger partial charge in [0.2, 0.25) is 5.78 Å². The predicted octanol–water partition coefficient (Wildman–Crippen LogP) is 3.67. The van der Waals surface area contributed by atoms with Crippen LogP contribution in [0.4, 0.5) is 0 Å². The number of aromatic amines is 1. The van der Waals surface area contributed by atoms with Crippen LogP contribution >= 0.6 is 0 Å². The molecule has 0 amide bonds. The highest BCUT2D eigenvalue weighted by molar-refractivity contribution is 6.10. The van der Waals surface area contributed by atoms with E-state index in [2.05, 4.69) is 17.1 Å². The van der Waals surface area contributed by atoms with Gasteiger partial charge in [-0.2, -0.15) is 0 Å². The molecule has 0 saturated heterocycles. The summed E-state index contributed by atoms with van der Waals surface area (Å²) in [5.41, 5.74) is 4.44. The van der Waals surface area contributed by atoms with Crippen molar-refractivity contribution in [1.29, 1.82) is 0 Å². The van der Waals surface area contributed by atoms with Gasteiger partial charge in [0, 0.05) is 16.5 Å². The third-order valence-electron chi connectivity index (χ3n) is 3.89. The van der Waals surface area contributed by atoms with Crippen LogP contribution in [0.1, 0.15) is 27.2 Å². The van der Waals surface area contributed by atoms with Crippen molar-refractivity contribution < 1.29 is 9.90 Å². The summed E-state index contributed by atoms with van der Waals surface area (Å²) >= 11 is 0. The van der Waals surface area contributed by atoms with Crippen molar-refractivity contribution in [2.45, 2.75) is 6.42 Å². The quantitative estimate of drug-likeness (QED) is 0.701. The number of aromatic nitrogens is 1. The van der Waals surface area contributed by atoms with E-state index < -0.39 is 0 Å². The number of nitrogens with one attached hydrogen (secondary N) is 1. The Morgan fingerprint density at radius 1 is 1.10 bits per heavy atom. The average molecular weight is 275 g/mol. The number of hydrogen-bond acceptors (Lipinski definition) is 2. The molecule has 0 atom stereocenters. The van der Waals surface area contributed by atoms with E-state index in [1.807, 2.05) is 18.2 Å². The van der Waals surface area contributed by atoms with Crippen molar-refractivity contribution in [2.24, 2.45) is 0 Å². The first kappa shape index (κ1) is 12.0. The third-order valence-corrected chi connectivity index (χ3v) is 3.89. The van der Waals surface area contributed by atoms with E-state index in [0.717, 1.165) is 22.9 Å². The number of aromatic hydroxyl groups is 1. The van der Waals surface area contributed by atoms with Crippen LogP contribution in [-0.4, -0.2) is 15.9 Å². The molecule has 21 heavy (non-hydrogen) atoms. The number of ketones is 1. The van der Waals surface area contributed by atoms with Crippen molar-refractivity contribution in [3.05, 3.63) is 70.9 Å². The fourth-order valence-electron chi connectivity index (χ4n) is 2.79. The monoisotopic (exact) mass is 275 g/mol. The molecule has 0 bridgehead atoms. The first-order valence-electron chi connectivity index (χ1n) is 6.86. The van der Waals surface area contributed by atoms with Gasteiger partial charge >= 0.3 is 0 Å². The Kier molecular flexibility index (Phi) is 2.48. The maximum atomic E-state index is 12.6. The number of benzene rings is 2. The zero-order chi connectivity index (χ0) is 14.4. The molecule has 2 N–H and O–H groups in total. The standard InChI is InChI=1S/C18H13NO2/c20-15-6-7-16-14(9-15)10-17(19-16)18(21)13-5-4-11-2-1-3-12(11)8-13/h1,3-10,19-20H,2H2. The van der Waals surface area contributed by atoms with Crippen molar-refractivity contribution in [3.63, 3.8) is 0 Å². The molecular formula is C18H13NO2. The summed E-state index contributed by atoms with van der Waals surface area (Å²) in [6.07, 6.45) is 5.09. The Hall–Kier alpha value is -2.81. The van der Waals surface area contributed by atoms with E-state index in [4.69, 9.17) is 0 Å². The van der Waals surface area contributed by atoms with Crippen LogP contribution in [0.15, 0.2) is 48.5 Å². The molecule has 2 aromatic carbocycles. The Bertz CT molecular complexity index is 903. The van der Waals surface area contributed by atoms with Crippen LogP contribution in [0.5, 0.6) is 5.75 Å². The third kappa shape index (κ3) is 1.94. The summed E-state index contributed by atoms with van der Waals surface area (Å²) in [5.74, 6) is 0.164. The topological polar surface area (TPSA) is 53.1 Å². The summed E-state index contributed by atoms with van der Waals surface area (Å²) in [7, 11) is 0. The maximum absolute atomic E-state index is 12.6. The number of carbonyl (C=O) groups is 1. The van der Waals surface area contributed by atoms with Gasteiger partial charge in [-0.3, -0.25) is 4.79 Å². The Morgan fingerprint density at radius 3 is 2.90 bits per heavy atom. The van der Waals surface area contributed by atoms with Gasteiger partial charge in [-0.1, -0.05) is 24.3 Å². The lowest BCUT2D eigenvalue weighted by molar-refractivity contribution is 0.103. The highest BCUT2D eigenvalue weighted by atomic mass is 16.3. The molecule has 0 spiro atoms. The van der Waals surface area contributed by atoms with Crippen LogP contribution < -0.4 is 0 Å². The number of H-pyrrole nitrogens is 1. The molecule has 0 aliphatic heterocycles. The summed E-state index contributed by atoms with van der Waals surface area (Å²) < 4.78 is 0. The number of rotatable bonds is 2. The number of fused-ring (bicyclic) bond motifs is 2. The van der Waals surface area contributed by atoms with Crippen LogP contribution in [0.3, 0.4) is 0 Å². The minimum Gasteiger partial charge on any atom is -0.508 e. The van der Waals surface area contributed by atoms with Crippen molar-refractivity contribution in [1.82, 2.24) is 4.98 Å². The minimum absolute atomic E-state index is 0.0335. The van der Waals surface area contributed by atoms with Gasteiger partial charge in [-0.25, -0.2) is 0 Å². The molecule has 1 aromatic heterocycles. The van der Waals surface area contributed by atoms with Crippen LogP contribution in [0.25, 0.3) is 17.0 Å². The number of carbonyl (C=O) groups excluding carboxylic acids is 1. The van der Waals surface area contributed by atoms with Crippen LogP contribution in [-0.2, 0) is 6.42 Å². The minimum atomic E-state index is -0.0335. The molecule has 3 nitrogen and oxygen atoms in total. The number of hydrogen-bond donors (Lipinski definition) is 2. The van der Waals surface area contributed by atoms with Gasteiger partial charge in [0.1, 0.15) is 5.75 Å². The highest BCUT2D eigenvalue weighted by Gasteiger charge is 2.14. The normalized spacial score (nSPS) is 12.8. The fourth-order valence-corrected chi connectivity index (χ4v) is 2.79. The van der Waals surface area contributed by atoms with Gasteiger partial charge in [0.15, 0.2) is 0 Å². The largest absolute Gasteiger partial charge is 0.508 e. The van der Waals surface area contributed by atoms with Gasteiger partial charge < -0.3 is 10.1 Å². The van der Waals surface area contributed by atoms with E-state index >= 15 is 0 Å². The molecule has 4 rings (SSSR count). The van der Waals surface area contributed by atoms with Gasteiger partial charge in [0.05, 0.1) is 5.69 Å². The highest BCUT2D eigenvalue weighted by Crippen LogP contribution is 2.24. The lowest BCUT2D eigenvalue weighted by atomic mass is 10.0. The second-order valence-electron chi connectivity index (χ2n) is 5.30. The first-order valence-corrected chi connectivity index (χ1v) is 6.86. The van der Waals surface area contributed by atoms with E-state index in [-0.39, 0.29) is 11.5 Å². The van der Waals surface area contributed by atoms with Crippen LogP contribution in [0.2, 0.25) is 0 Å². The van der Waals surface area contributed by atoms with Gasteiger partial charge in [-0.15, -0.1) is 0 Å². The van der Waals surface area contributed by atoms with E-state index in [0.29, 0.717) is 11.3 Å². The molecule has 0 radical (unpaired) electrons. The molecule has 0 saturated carbocycles. The smallest absolute Gasteiger partial charge is 0.209 e. The summed E-state index contributed by atoms with van der Waals surface area (Å²) in [6, 6.07) is 12.6. The summed E-state index contributed by atoms with van der Waals surface area (Å²) in [5, 5.41) is 10.3. The van der Waals surface area contributed by atoms with Crippen molar-refractivity contribution >= 4 is 22.8 Å². The SMILES string of the molecule is O=C(c1ccc2c(c1)C=CC2)c1cc2cc(O)ccc2[nH]1. The molecule has 0 unspecified atom stereocenters. The number of allylic oxidation sites excluding steroid dienone is 1. The Morgan fingerprint density at radius 2 is 2.00 bits per heavy atom. The molecule has 1 aliphatic carbocycles. The van der Waals surface area contributed by atoms with Crippen molar-refractivity contribution in [3.8, 4) is 5.75 Å². The predicted molar refractivity (Wildman–Crippen MR) is 82.6 cm³/mol. The molecule has 0 fully saturated rings. The summed E-state index contributed by atoms with van der Waals surface area (Å²) in [6.45, 7) is 0. The Labute approximate surface area is 121 Å². The second-order valence-corrected chi connectivity index (χ2v) is 5.30. The molecule has 1 heterocycles. The van der Waals surface area contributed by atoms with Gasteiger partial charge in [0.25, 0.3) is 0 Å². The lowest BCUT2D eigenvalue weighted by Gasteiger charge is -2.02. The lowest BCUT2D eigenvalue weighted by Crippen LogP contribution is -2.02. The molecule has 3 heteroatoms. The van der Waals surface area contributed by atoms with E-state index in [1.165, 1.54) is 5.56 Å². The molecule has 1 aliphatic rings. The number of phenols is 1. The molecule has 102 valence electrons. The maximum Gasteiger partial charge on any atom is 0.209 e. The van der Waals surface area contributed by atoms with Gasteiger partial charge in [-0.05, 0) is 47.9 Å². The second kappa shape index (κ2) is 4.35. The fraction of sp³-hybridized carbons (Fsp3) is 0.0556. The Balaban J connectivity index is 1.77. The summed E-state index contributed by atoms with van der Waals surface area (Å²) in [4.78, 5) is 15.7. The number of phenolic OH excluding ortho intramolecular Hbond substituents is 1. The van der Waals surface area contributed by atoms with E-state index in [1.54, 1.807) is 24.3 Å². The van der Waals surface area contributed by atoms with Crippen molar-refractivity contribution in [2.75, 3.05) is 0 Å². The zero-order valence-corrected chi connectivity index (χ0v) is 11.3. The molecule has 3 aromatic rings. The van der Waals surface area contributed by atoms with E-state index in [9.17, 15) is 9.90 Å². The zero-order valence-electron chi connectivity index (χ0n) is 11.3. The molecular weight excluding hydrogens is 262 g/mol. The first-order chi connectivity index (χ1) is 10.2.